The Labute approximate surface area is 147 Å². The molecule has 1 heterocycles. The van der Waals surface area contributed by atoms with Crippen molar-refractivity contribution in [2.24, 2.45) is 5.92 Å². The monoisotopic (exact) mass is 364 g/mol. The number of fused-ring (bicyclic) bond motifs is 1. The number of carbonyl (C=O) groups is 1. The van der Waals surface area contributed by atoms with Gasteiger partial charge in [0.15, 0.2) is 0 Å². The normalized spacial score (nSPS) is 22.8. The molecule has 2 aliphatic rings. The highest BCUT2D eigenvalue weighted by Gasteiger charge is 2.58. The Hall–Kier alpha value is -2.57. The lowest BCUT2D eigenvalue weighted by Gasteiger charge is -2.49. The van der Waals surface area contributed by atoms with Gasteiger partial charge in [0.25, 0.3) is 0 Å². The van der Waals surface area contributed by atoms with Crippen LogP contribution in [0, 0.1) is 11.7 Å². The zero-order valence-corrected chi connectivity index (χ0v) is 13.7. The summed E-state index contributed by atoms with van der Waals surface area (Å²) in [6.45, 7) is -1.40. The predicted molar refractivity (Wildman–Crippen MR) is 88.1 cm³/mol. The van der Waals surface area contributed by atoms with E-state index < -0.39 is 30.1 Å². The van der Waals surface area contributed by atoms with Crippen molar-refractivity contribution in [3.8, 4) is 0 Å². The van der Waals surface area contributed by atoms with Crippen molar-refractivity contribution in [3.63, 3.8) is 0 Å². The molecule has 0 aromatic heterocycles. The summed E-state index contributed by atoms with van der Waals surface area (Å²) in [5.41, 5.74) is -0.0506. The largest absolute Gasteiger partial charge is 0.406 e. The van der Waals surface area contributed by atoms with Crippen LogP contribution in [-0.4, -0.2) is 23.7 Å². The van der Waals surface area contributed by atoms with Gasteiger partial charge in [-0.05, 0) is 42.5 Å². The number of benzene rings is 2. The molecule has 0 bridgehead atoms. The molecule has 0 radical (unpaired) electrons. The molecular formula is C19H16F4N2O. The molecule has 2 aromatic carbocycles. The summed E-state index contributed by atoms with van der Waals surface area (Å²) in [5, 5.41) is 2.49. The molecule has 1 unspecified atom stereocenters. The maximum absolute atomic E-state index is 14.0. The molecule has 0 spiro atoms. The van der Waals surface area contributed by atoms with E-state index in [2.05, 4.69) is 5.32 Å². The van der Waals surface area contributed by atoms with Crippen molar-refractivity contribution >= 4 is 11.7 Å². The van der Waals surface area contributed by atoms with Gasteiger partial charge in [0, 0.05) is 11.3 Å². The van der Waals surface area contributed by atoms with Crippen LogP contribution in [0.2, 0.25) is 0 Å². The molecule has 1 atom stereocenters. The van der Waals surface area contributed by atoms with Crippen LogP contribution >= 0.6 is 0 Å². The summed E-state index contributed by atoms with van der Waals surface area (Å²) in [7, 11) is 0. The maximum atomic E-state index is 14.0. The van der Waals surface area contributed by atoms with E-state index in [1.54, 1.807) is 30.3 Å². The van der Waals surface area contributed by atoms with Crippen LogP contribution in [0.3, 0.4) is 0 Å². The number of urea groups is 1. The van der Waals surface area contributed by atoms with Crippen LogP contribution in [0.1, 0.15) is 24.0 Å². The van der Waals surface area contributed by atoms with Crippen molar-refractivity contribution in [1.82, 2.24) is 4.90 Å². The van der Waals surface area contributed by atoms with E-state index in [-0.39, 0.29) is 5.92 Å². The minimum atomic E-state index is -4.57. The number of carbonyl (C=O) groups excluding carboxylic acids is 1. The van der Waals surface area contributed by atoms with E-state index in [1.165, 1.54) is 18.2 Å². The Morgan fingerprint density at radius 2 is 1.81 bits per heavy atom. The number of nitrogens with one attached hydrogen (secondary N) is 1. The van der Waals surface area contributed by atoms with E-state index in [9.17, 15) is 22.4 Å². The minimum absolute atomic E-state index is 0.196. The fraction of sp³-hybridized carbons (Fsp3) is 0.316. The van der Waals surface area contributed by atoms with Crippen molar-refractivity contribution in [1.29, 1.82) is 0 Å². The predicted octanol–water partition coefficient (Wildman–Crippen LogP) is 4.89. The molecule has 1 N–H and O–H groups in total. The summed E-state index contributed by atoms with van der Waals surface area (Å²) in [6.07, 6.45) is -3.23. The van der Waals surface area contributed by atoms with Crippen molar-refractivity contribution in [3.05, 3.63) is 65.5 Å². The van der Waals surface area contributed by atoms with Gasteiger partial charge in [0.1, 0.15) is 17.9 Å². The number of rotatable bonds is 3. The van der Waals surface area contributed by atoms with E-state index in [0.717, 1.165) is 4.90 Å². The van der Waals surface area contributed by atoms with Gasteiger partial charge in [-0.15, -0.1) is 0 Å². The summed E-state index contributed by atoms with van der Waals surface area (Å²) < 4.78 is 54.0. The lowest BCUT2D eigenvalue weighted by Crippen LogP contribution is -2.59. The number of halogens is 4. The molecule has 2 amide bonds. The standard InChI is InChI=1S/C19H16F4N2O/c20-14-8-9-16-15(10-14)19(13-6-7-13,12-4-2-1-3-5-12)25(17(26)24-16)11-18(21,22)23/h1-5,8-10,13H,6-7,11H2,(H,24,26). The molecule has 1 fully saturated rings. The molecule has 1 aliphatic carbocycles. The number of nitrogens with zero attached hydrogens (tertiary/aromatic N) is 1. The SMILES string of the molecule is O=C1Nc2ccc(F)cc2C(c2ccccc2)(C2CC2)N1CC(F)(F)F. The van der Waals surface area contributed by atoms with Crippen LogP contribution < -0.4 is 5.32 Å². The first-order chi connectivity index (χ1) is 12.3. The van der Waals surface area contributed by atoms with Crippen LogP contribution in [0.5, 0.6) is 0 Å². The molecule has 3 nitrogen and oxygen atoms in total. The Balaban J connectivity index is 2.01. The van der Waals surface area contributed by atoms with Crippen LogP contribution in [0.15, 0.2) is 48.5 Å². The lowest BCUT2D eigenvalue weighted by atomic mass is 9.75. The average Bonchev–Trinajstić information content (AvgIpc) is 3.41. The van der Waals surface area contributed by atoms with Gasteiger partial charge in [-0.25, -0.2) is 9.18 Å². The topological polar surface area (TPSA) is 32.3 Å². The minimum Gasteiger partial charge on any atom is -0.307 e. The molecule has 26 heavy (non-hydrogen) atoms. The van der Waals surface area contributed by atoms with E-state index in [0.29, 0.717) is 29.7 Å². The molecule has 1 saturated carbocycles. The average molecular weight is 364 g/mol. The van der Waals surface area contributed by atoms with Gasteiger partial charge in [-0.1, -0.05) is 30.3 Å². The first kappa shape index (κ1) is 16.9. The highest BCUT2D eigenvalue weighted by molar-refractivity contribution is 5.95. The molecule has 2 aromatic rings. The Morgan fingerprint density at radius 1 is 1.12 bits per heavy atom. The summed E-state index contributed by atoms with van der Waals surface area (Å²) in [6, 6.07) is 11.6. The molecule has 1 aliphatic heterocycles. The number of hydrogen-bond acceptors (Lipinski definition) is 1. The zero-order chi connectivity index (χ0) is 18.5. The highest BCUT2D eigenvalue weighted by atomic mass is 19.4. The Morgan fingerprint density at radius 3 is 2.42 bits per heavy atom. The first-order valence-corrected chi connectivity index (χ1v) is 8.33. The maximum Gasteiger partial charge on any atom is 0.406 e. The van der Waals surface area contributed by atoms with Crippen LogP contribution in [-0.2, 0) is 5.54 Å². The van der Waals surface area contributed by atoms with Crippen molar-refractivity contribution in [2.75, 3.05) is 11.9 Å². The fourth-order valence-corrected chi connectivity index (χ4v) is 3.99. The van der Waals surface area contributed by atoms with Gasteiger partial charge in [0.05, 0.1) is 0 Å². The lowest BCUT2D eigenvalue weighted by molar-refractivity contribution is -0.149. The van der Waals surface area contributed by atoms with Gasteiger partial charge in [-0.3, -0.25) is 0 Å². The summed E-state index contributed by atoms with van der Waals surface area (Å²) >= 11 is 0. The fourth-order valence-electron chi connectivity index (χ4n) is 3.99. The highest BCUT2D eigenvalue weighted by Crippen LogP contribution is 2.57. The molecular weight excluding hydrogens is 348 g/mol. The second-order valence-electron chi connectivity index (χ2n) is 6.73. The van der Waals surface area contributed by atoms with Gasteiger partial charge in [-0.2, -0.15) is 13.2 Å². The van der Waals surface area contributed by atoms with Gasteiger partial charge < -0.3 is 10.2 Å². The molecule has 0 saturated heterocycles. The van der Waals surface area contributed by atoms with E-state index in [4.69, 9.17) is 0 Å². The second kappa shape index (κ2) is 5.72. The van der Waals surface area contributed by atoms with Crippen molar-refractivity contribution < 1.29 is 22.4 Å². The molecule has 136 valence electrons. The summed E-state index contributed by atoms with van der Waals surface area (Å²) in [5.74, 6) is -0.744. The number of alkyl halides is 3. The van der Waals surface area contributed by atoms with Gasteiger partial charge in [0.2, 0.25) is 0 Å². The number of amides is 2. The van der Waals surface area contributed by atoms with E-state index in [1.807, 2.05) is 0 Å². The Bertz CT molecular complexity index is 848. The third kappa shape index (κ3) is 2.62. The quantitative estimate of drug-likeness (QED) is 0.773. The van der Waals surface area contributed by atoms with E-state index >= 15 is 0 Å². The van der Waals surface area contributed by atoms with Crippen molar-refractivity contribution in [2.45, 2.75) is 24.6 Å². The number of hydrogen-bond donors (Lipinski definition) is 1. The van der Waals surface area contributed by atoms with Crippen LogP contribution in [0.4, 0.5) is 28.0 Å². The first-order valence-electron chi connectivity index (χ1n) is 8.33. The smallest absolute Gasteiger partial charge is 0.307 e. The van der Waals surface area contributed by atoms with Gasteiger partial charge >= 0.3 is 12.2 Å². The Kier molecular flexibility index (Phi) is 3.71. The zero-order valence-electron chi connectivity index (χ0n) is 13.7. The third-order valence-electron chi connectivity index (χ3n) is 5.02. The van der Waals surface area contributed by atoms with Crippen LogP contribution in [0.25, 0.3) is 0 Å². The third-order valence-corrected chi connectivity index (χ3v) is 5.02. The second-order valence-corrected chi connectivity index (χ2v) is 6.73. The number of anilines is 1. The summed E-state index contributed by atoms with van der Waals surface area (Å²) in [4.78, 5) is 13.5. The molecule has 4 rings (SSSR count). The molecule has 7 heteroatoms.